The van der Waals surface area contributed by atoms with Gasteiger partial charge in [0.05, 0.1) is 17.9 Å². The van der Waals surface area contributed by atoms with Gasteiger partial charge in [-0.15, -0.1) is 10.2 Å². The number of hydrogen-bond acceptors (Lipinski definition) is 5. The van der Waals surface area contributed by atoms with Crippen LogP contribution in [0.1, 0.15) is 44.2 Å². The van der Waals surface area contributed by atoms with Gasteiger partial charge in [-0.25, -0.2) is 4.68 Å². The maximum atomic E-state index is 6.24. The summed E-state index contributed by atoms with van der Waals surface area (Å²) in [5.41, 5.74) is 0.977. The third-order valence-electron chi connectivity index (χ3n) is 5.05. The Morgan fingerprint density at radius 3 is 2.21 bits per heavy atom. The second-order valence-electron chi connectivity index (χ2n) is 6.88. The molecule has 2 fully saturated rings. The molecule has 6 nitrogen and oxygen atoms in total. The Morgan fingerprint density at radius 2 is 1.58 bits per heavy atom. The number of nitrogens with zero attached hydrogens (tertiary/aromatic N) is 5. The van der Waals surface area contributed by atoms with Gasteiger partial charge in [-0.05, 0) is 50.8 Å². The molecule has 1 saturated carbocycles. The molecule has 1 aliphatic heterocycles. The largest absolute Gasteiger partial charge is 0.375 e. The molecule has 0 aromatic carbocycles. The van der Waals surface area contributed by atoms with E-state index in [2.05, 4.69) is 20.2 Å². The molecule has 0 spiro atoms. The molecule has 0 unspecified atom stereocenters. The van der Waals surface area contributed by atoms with Crippen LogP contribution in [0.4, 0.5) is 5.82 Å². The highest BCUT2D eigenvalue weighted by Gasteiger charge is 2.25. The van der Waals surface area contributed by atoms with E-state index in [9.17, 15) is 0 Å². The molecule has 2 aliphatic rings. The van der Waals surface area contributed by atoms with E-state index >= 15 is 0 Å². The molecular formula is C18H25N5O. The molecule has 3 heterocycles. The Labute approximate surface area is 142 Å². The Bertz CT molecular complexity index is 654. The van der Waals surface area contributed by atoms with Crippen molar-refractivity contribution in [2.24, 2.45) is 0 Å². The zero-order valence-corrected chi connectivity index (χ0v) is 14.3. The second-order valence-corrected chi connectivity index (χ2v) is 6.88. The smallest absolute Gasteiger partial charge is 0.175 e. The third-order valence-corrected chi connectivity index (χ3v) is 5.05. The summed E-state index contributed by atoms with van der Waals surface area (Å²) in [6.45, 7) is 3.95. The summed E-state index contributed by atoms with van der Waals surface area (Å²) in [5.74, 6) is 1.70. The Balaban J connectivity index is 1.33. The van der Waals surface area contributed by atoms with Crippen LogP contribution in [-0.4, -0.2) is 45.3 Å². The molecule has 6 heteroatoms. The normalized spacial score (nSPS) is 20.0. The van der Waals surface area contributed by atoms with E-state index in [1.807, 2.05) is 31.3 Å². The fourth-order valence-electron chi connectivity index (χ4n) is 3.67. The van der Waals surface area contributed by atoms with Gasteiger partial charge in [0.1, 0.15) is 0 Å². The molecule has 24 heavy (non-hydrogen) atoms. The van der Waals surface area contributed by atoms with E-state index in [0.29, 0.717) is 12.2 Å². The summed E-state index contributed by atoms with van der Waals surface area (Å²) >= 11 is 0. The molecule has 2 aromatic rings. The van der Waals surface area contributed by atoms with Crippen molar-refractivity contribution in [3.63, 3.8) is 0 Å². The molecule has 128 valence electrons. The topological polar surface area (TPSA) is 56.1 Å². The van der Waals surface area contributed by atoms with Gasteiger partial charge in [-0.2, -0.15) is 5.10 Å². The van der Waals surface area contributed by atoms with Gasteiger partial charge < -0.3 is 9.64 Å². The molecule has 1 aliphatic carbocycles. The molecule has 0 atom stereocenters. The van der Waals surface area contributed by atoms with Crippen molar-refractivity contribution in [2.45, 2.75) is 57.7 Å². The lowest BCUT2D eigenvalue weighted by molar-refractivity contribution is -0.0195. The number of hydrogen-bond donors (Lipinski definition) is 0. The number of aromatic nitrogens is 4. The Kier molecular flexibility index (Phi) is 4.47. The molecule has 2 aromatic heterocycles. The van der Waals surface area contributed by atoms with Crippen LogP contribution in [0.5, 0.6) is 0 Å². The van der Waals surface area contributed by atoms with Crippen LogP contribution in [0.2, 0.25) is 0 Å². The average molecular weight is 327 g/mol. The van der Waals surface area contributed by atoms with Gasteiger partial charge >= 0.3 is 0 Å². The fourth-order valence-corrected chi connectivity index (χ4v) is 3.67. The van der Waals surface area contributed by atoms with Crippen molar-refractivity contribution >= 4 is 5.82 Å². The zero-order valence-electron chi connectivity index (χ0n) is 14.3. The maximum absolute atomic E-state index is 6.24. The Hall–Kier alpha value is -1.95. The number of rotatable bonds is 4. The minimum absolute atomic E-state index is 0.420. The SMILES string of the molecule is Cc1ccn(-c2ccc(N3CCC(OC4CCCC4)CC3)nn2)n1. The van der Waals surface area contributed by atoms with Crippen molar-refractivity contribution in [3.8, 4) is 5.82 Å². The summed E-state index contributed by atoms with van der Waals surface area (Å²) in [7, 11) is 0. The van der Waals surface area contributed by atoms with Crippen LogP contribution in [0.3, 0.4) is 0 Å². The minimum atomic E-state index is 0.420. The van der Waals surface area contributed by atoms with Crippen LogP contribution in [0.25, 0.3) is 5.82 Å². The zero-order chi connectivity index (χ0) is 16.4. The lowest BCUT2D eigenvalue weighted by Gasteiger charge is -2.33. The summed E-state index contributed by atoms with van der Waals surface area (Å²) in [6, 6.07) is 5.98. The first-order chi connectivity index (χ1) is 11.8. The lowest BCUT2D eigenvalue weighted by atomic mass is 10.1. The monoisotopic (exact) mass is 327 g/mol. The van der Waals surface area contributed by atoms with Crippen LogP contribution in [-0.2, 0) is 4.74 Å². The van der Waals surface area contributed by atoms with Crippen molar-refractivity contribution in [3.05, 3.63) is 30.1 Å². The second kappa shape index (κ2) is 6.89. The predicted molar refractivity (Wildman–Crippen MR) is 92.5 cm³/mol. The molecule has 0 N–H and O–H groups in total. The van der Waals surface area contributed by atoms with Crippen molar-refractivity contribution in [1.82, 2.24) is 20.0 Å². The molecule has 4 rings (SSSR count). The van der Waals surface area contributed by atoms with Crippen molar-refractivity contribution in [1.29, 1.82) is 0 Å². The highest BCUT2D eigenvalue weighted by Crippen LogP contribution is 2.26. The van der Waals surface area contributed by atoms with Crippen molar-refractivity contribution in [2.75, 3.05) is 18.0 Å². The summed E-state index contributed by atoms with van der Waals surface area (Å²) in [4.78, 5) is 2.31. The van der Waals surface area contributed by atoms with E-state index in [1.54, 1.807) is 4.68 Å². The van der Waals surface area contributed by atoms with Crippen LogP contribution < -0.4 is 4.90 Å². The van der Waals surface area contributed by atoms with Gasteiger partial charge in [0.25, 0.3) is 0 Å². The standard InChI is InChI=1S/C18H25N5O/c1-14-8-13-23(21-14)18-7-6-17(19-20-18)22-11-9-16(10-12-22)24-15-4-2-3-5-15/h6-8,13,15-16H,2-5,9-12H2,1H3. The molecule has 0 radical (unpaired) electrons. The highest BCUT2D eigenvalue weighted by molar-refractivity contribution is 5.40. The summed E-state index contributed by atoms with van der Waals surface area (Å²) in [6.07, 6.45) is 10.2. The van der Waals surface area contributed by atoms with Crippen LogP contribution in [0.15, 0.2) is 24.4 Å². The Morgan fingerprint density at radius 1 is 0.917 bits per heavy atom. The van der Waals surface area contributed by atoms with Gasteiger partial charge in [-0.3, -0.25) is 0 Å². The third kappa shape index (κ3) is 3.43. The average Bonchev–Trinajstić information content (AvgIpc) is 3.28. The summed E-state index contributed by atoms with van der Waals surface area (Å²) < 4.78 is 8.00. The number of ether oxygens (including phenoxy) is 1. The van der Waals surface area contributed by atoms with Gasteiger partial charge in [0, 0.05) is 19.3 Å². The fraction of sp³-hybridized carbons (Fsp3) is 0.611. The van der Waals surface area contributed by atoms with E-state index in [0.717, 1.165) is 43.3 Å². The molecule has 0 amide bonds. The van der Waals surface area contributed by atoms with Gasteiger partial charge in [-0.1, -0.05) is 12.8 Å². The van der Waals surface area contributed by atoms with E-state index < -0.39 is 0 Å². The van der Waals surface area contributed by atoms with Crippen molar-refractivity contribution < 1.29 is 4.74 Å². The van der Waals surface area contributed by atoms with E-state index in [-0.39, 0.29) is 0 Å². The van der Waals surface area contributed by atoms with Crippen LogP contribution in [0, 0.1) is 6.92 Å². The summed E-state index contributed by atoms with van der Waals surface area (Å²) in [5, 5.41) is 13.1. The van der Waals surface area contributed by atoms with Crippen LogP contribution >= 0.6 is 0 Å². The first-order valence-electron chi connectivity index (χ1n) is 9.05. The maximum Gasteiger partial charge on any atom is 0.175 e. The number of piperidine rings is 1. The van der Waals surface area contributed by atoms with Gasteiger partial charge in [0.15, 0.2) is 11.6 Å². The number of anilines is 1. The minimum Gasteiger partial charge on any atom is -0.375 e. The first kappa shape index (κ1) is 15.6. The number of aryl methyl sites for hydroxylation is 1. The quantitative estimate of drug-likeness (QED) is 0.864. The van der Waals surface area contributed by atoms with E-state index in [4.69, 9.17) is 4.74 Å². The van der Waals surface area contributed by atoms with E-state index in [1.165, 1.54) is 25.7 Å². The predicted octanol–water partition coefficient (Wildman–Crippen LogP) is 2.90. The molecule has 0 bridgehead atoms. The molecule has 1 saturated heterocycles. The highest BCUT2D eigenvalue weighted by atomic mass is 16.5. The molecular weight excluding hydrogens is 302 g/mol. The van der Waals surface area contributed by atoms with Gasteiger partial charge in [0.2, 0.25) is 0 Å². The lowest BCUT2D eigenvalue weighted by Crippen LogP contribution is -2.38. The first-order valence-corrected chi connectivity index (χ1v) is 9.05.